The van der Waals surface area contributed by atoms with Crippen LogP contribution in [0.25, 0.3) is 0 Å². The van der Waals surface area contributed by atoms with Crippen LogP contribution in [0.5, 0.6) is 0 Å². The molecule has 0 aliphatic carbocycles. The minimum atomic E-state index is 0.0651. The van der Waals surface area contributed by atoms with Gasteiger partial charge in [-0.3, -0.25) is 5.41 Å². The fraction of sp³-hybridized carbons (Fsp3) is 0.643. The molecule has 6 heteroatoms. The van der Waals surface area contributed by atoms with Gasteiger partial charge in [0, 0.05) is 13.1 Å². The van der Waals surface area contributed by atoms with Crippen molar-refractivity contribution in [2.75, 3.05) is 32.1 Å². The lowest BCUT2D eigenvalue weighted by Crippen LogP contribution is -2.43. The quantitative estimate of drug-likeness (QED) is 0.633. The maximum atomic E-state index is 7.83. The van der Waals surface area contributed by atoms with Crippen LogP contribution in [0.4, 0.5) is 5.82 Å². The van der Waals surface area contributed by atoms with Gasteiger partial charge >= 0.3 is 0 Å². The maximum absolute atomic E-state index is 7.83. The van der Waals surface area contributed by atoms with E-state index in [0.29, 0.717) is 6.04 Å². The van der Waals surface area contributed by atoms with Crippen molar-refractivity contribution in [1.82, 2.24) is 15.1 Å². The highest BCUT2D eigenvalue weighted by Crippen LogP contribution is 2.25. The third kappa shape index (κ3) is 2.75. The van der Waals surface area contributed by atoms with Gasteiger partial charge in [-0.15, -0.1) is 5.10 Å². The molecule has 1 fully saturated rings. The van der Waals surface area contributed by atoms with Crippen LogP contribution in [0.2, 0.25) is 0 Å². The Balaban J connectivity index is 2.32. The van der Waals surface area contributed by atoms with Gasteiger partial charge in [-0.25, -0.2) is 0 Å². The molecule has 1 aliphatic heterocycles. The van der Waals surface area contributed by atoms with E-state index in [1.54, 1.807) is 0 Å². The van der Waals surface area contributed by atoms with Crippen LogP contribution in [0.15, 0.2) is 0 Å². The van der Waals surface area contributed by atoms with Crippen LogP contribution in [-0.2, 0) is 0 Å². The van der Waals surface area contributed by atoms with Gasteiger partial charge in [0.2, 0.25) is 0 Å². The second-order valence-electron chi connectivity index (χ2n) is 5.67. The molecule has 1 saturated heterocycles. The summed E-state index contributed by atoms with van der Waals surface area (Å²) in [5.74, 6) is 0.797. The van der Waals surface area contributed by atoms with Gasteiger partial charge in [0.05, 0.1) is 11.3 Å². The number of hydrogen-bond acceptors (Lipinski definition) is 5. The van der Waals surface area contributed by atoms with Gasteiger partial charge in [0.1, 0.15) is 5.84 Å². The number of aromatic nitrogens is 2. The first kappa shape index (κ1) is 14.7. The zero-order chi connectivity index (χ0) is 14.9. The predicted molar refractivity (Wildman–Crippen MR) is 81.4 cm³/mol. The Morgan fingerprint density at radius 2 is 1.90 bits per heavy atom. The smallest absolute Gasteiger partial charge is 0.162 e. The van der Waals surface area contributed by atoms with Crippen LogP contribution in [0.3, 0.4) is 0 Å². The molecule has 0 spiro atoms. The van der Waals surface area contributed by atoms with Crippen LogP contribution >= 0.6 is 0 Å². The molecular weight excluding hydrogens is 252 g/mol. The number of anilines is 1. The van der Waals surface area contributed by atoms with E-state index in [1.807, 2.05) is 20.9 Å². The van der Waals surface area contributed by atoms with Gasteiger partial charge in [0.15, 0.2) is 5.82 Å². The van der Waals surface area contributed by atoms with E-state index in [4.69, 9.17) is 11.1 Å². The number of nitrogens with one attached hydrogen (secondary N) is 1. The van der Waals surface area contributed by atoms with Gasteiger partial charge in [-0.2, -0.15) is 5.10 Å². The molecule has 20 heavy (non-hydrogen) atoms. The minimum absolute atomic E-state index is 0.0651. The monoisotopic (exact) mass is 276 g/mol. The molecule has 1 aromatic heterocycles. The van der Waals surface area contributed by atoms with Crippen molar-refractivity contribution in [2.45, 2.75) is 32.7 Å². The molecule has 3 N–H and O–H groups in total. The Kier molecular flexibility index (Phi) is 4.23. The van der Waals surface area contributed by atoms with Gasteiger partial charge in [0.25, 0.3) is 0 Å². The van der Waals surface area contributed by atoms with Crippen molar-refractivity contribution in [2.24, 2.45) is 5.73 Å². The third-order valence-electron chi connectivity index (χ3n) is 4.28. The highest BCUT2D eigenvalue weighted by molar-refractivity contribution is 6.01. The molecule has 0 aromatic carbocycles. The molecule has 0 amide bonds. The van der Waals surface area contributed by atoms with E-state index in [1.165, 1.54) is 0 Å². The van der Waals surface area contributed by atoms with Crippen molar-refractivity contribution in [3.63, 3.8) is 0 Å². The zero-order valence-corrected chi connectivity index (χ0v) is 12.8. The van der Waals surface area contributed by atoms with E-state index in [-0.39, 0.29) is 5.84 Å². The first-order valence-electron chi connectivity index (χ1n) is 7.01. The number of piperidine rings is 1. The second-order valence-corrected chi connectivity index (χ2v) is 5.67. The van der Waals surface area contributed by atoms with E-state index in [0.717, 1.165) is 48.6 Å². The summed E-state index contributed by atoms with van der Waals surface area (Å²) in [6.45, 7) is 6.02. The van der Waals surface area contributed by atoms with Gasteiger partial charge < -0.3 is 15.5 Å². The number of hydrogen-bond donors (Lipinski definition) is 2. The van der Waals surface area contributed by atoms with Crippen LogP contribution in [0, 0.1) is 19.3 Å². The van der Waals surface area contributed by atoms with Crippen molar-refractivity contribution >= 4 is 11.7 Å². The topological polar surface area (TPSA) is 82.1 Å². The second kappa shape index (κ2) is 5.75. The number of nitrogens with zero attached hydrogens (tertiary/aromatic N) is 4. The maximum Gasteiger partial charge on any atom is 0.162 e. The number of amidine groups is 1. The van der Waals surface area contributed by atoms with E-state index in [9.17, 15) is 0 Å². The average molecular weight is 276 g/mol. The first-order chi connectivity index (χ1) is 9.41. The summed E-state index contributed by atoms with van der Waals surface area (Å²) >= 11 is 0. The summed E-state index contributed by atoms with van der Waals surface area (Å²) in [6, 6.07) is 0.431. The fourth-order valence-electron chi connectivity index (χ4n) is 2.72. The summed E-state index contributed by atoms with van der Waals surface area (Å²) in [5, 5.41) is 16.3. The Morgan fingerprint density at radius 3 is 2.45 bits per heavy atom. The van der Waals surface area contributed by atoms with Crippen LogP contribution < -0.4 is 10.6 Å². The van der Waals surface area contributed by atoms with Crippen LogP contribution in [0.1, 0.15) is 29.7 Å². The predicted octanol–water partition coefficient (Wildman–Crippen LogP) is 0.908. The largest absolute Gasteiger partial charge is 0.384 e. The van der Waals surface area contributed by atoms with Gasteiger partial charge in [-0.05, 0) is 52.4 Å². The number of nitrogen functional groups attached to an aromatic ring is 1. The van der Waals surface area contributed by atoms with Crippen molar-refractivity contribution < 1.29 is 0 Å². The highest BCUT2D eigenvalue weighted by atomic mass is 15.3. The lowest BCUT2D eigenvalue weighted by Gasteiger charge is -2.36. The number of nitrogens with two attached hydrogens (primary N) is 1. The highest BCUT2D eigenvalue weighted by Gasteiger charge is 2.25. The molecule has 2 rings (SSSR count). The average Bonchev–Trinajstić information content (AvgIpc) is 2.41. The van der Waals surface area contributed by atoms with E-state index >= 15 is 0 Å². The molecule has 0 saturated carbocycles. The Hall–Kier alpha value is -1.69. The molecule has 2 heterocycles. The standard InChI is InChI=1S/C14H24N6/c1-9-10(2)17-18-14(12(9)13(15)16)20(4)11-5-7-19(3)8-6-11/h11H,5-8H2,1-4H3,(H3,15,16). The summed E-state index contributed by atoms with van der Waals surface area (Å²) < 4.78 is 0. The summed E-state index contributed by atoms with van der Waals surface area (Å²) in [4.78, 5) is 4.48. The molecule has 0 radical (unpaired) electrons. The SMILES string of the molecule is Cc1nnc(N(C)C2CCN(C)CC2)c(C(=N)N)c1C. The molecule has 6 nitrogen and oxygen atoms in total. The summed E-state index contributed by atoms with van der Waals surface area (Å²) in [7, 11) is 4.17. The molecule has 1 aromatic rings. The number of rotatable bonds is 3. The van der Waals surface area contributed by atoms with Crippen LogP contribution in [-0.4, -0.2) is 54.2 Å². The molecule has 0 unspecified atom stereocenters. The van der Waals surface area contributed by atoms with Crippen molar-refractivity contribution in [1.29, 1.82) is 5.41 Å². The fourth-order valence-corrected chi connectivity index (χ4v) is 2.72. The number of aryl methyl sites for hydroxylation is 1. The Morgan fingerprint density at radius 1 is 1.30 bits per heavy atom. The molecular formula is C14H24N6. The van der Waals surface area contributed by atoms with Gasteiger partial charge in [-0.1, -0.05) is 0 Å². The van der Waals surface area contributed by atoms with Crippen molar-refractivity contribution in [3.05, 3.63) is 16.8 Å². The van der Waals surface area contributed by atoms with E-state index < -0.39 is 0 Å². The first-order valence-corrected chi connectivity index (χ1v) is 7.01. The Bertz CT molecular complexity index is 505. The lowest BCUT2D eigenvalue weighted by atomic mass is 10.0. The number of likely N-dealkylation sites (tertiary alicyclic amines) is 1. The normalized spacial score (nSPS) is 17.2. The minimum Gasteiger partial charge on any atom is -0.384 e. The third-order valence-corrected chi connectivity index (χ3v) is 4.28. The lowest BCUT2D eigenvalue weighted by molar-refractivity contribution is 0.252. The van der Waals surface area contributed by atoms with Crippen molar-refractivity contribution in [3.8, 4) is 0 Å². The molecule has 1 aliphatic rings. The zero-order valence-electron chi connectivity index (χ0n) is 12.8. The molecule has 110 valence electrons. The van der Waals surface area contributed by atoms with E-state index in [2.05, 4.69) is 27.0 Å². The summed E-state index contributed by atoms with van der Waals surface area (Å²) in [5.41, 5.74) is 8.25. The Labute approximate surface area is 120 Å². The summed E-state index contributed by atoms with van der Waals surface area (Å²) in [6.07, 6.45) is 2.19. The molecule has 0 atom stereocenters. The molecule has 0 bridgehead atoms.